The third kappa shape index (κ3) is 4.62. The van der Waals surface area contributed by atoms with E-state index in [1.165, 1.54) is 62.6 Å². The molecule has 0 aliphatic heterocycles. The summed E-state index contributed by atoms with van der Waals surface area (Å²) in [4.78, 5) is 2.34. The summed E-state index contributed by atoms with van der Waals surface area (Å²) in [6.07, 6.45) is 0. The molecule has 0 atom stereocenters. The molecule has 0 aliphatic rings. The Morgan fingerprint density at radius 3 is 1.90 bits per heavy atom. The summed E-state index contributed by atoms with van der Waals surface area (Å²) in [5, 5.41) is 7.47. The first-order chi connectivity index (χ1) is 25.8. The Kier molecular flexibility index (Phi) is 6.63. The Bertz CT molecular complexity index is 3150. The summed E-state index contributed by atoms with van der Waals surface area (Å²) in [7, 11) is 0. The van der Waals surface area contributed by atoms with Gasteiger partial charge in [-0.15, -0.1) is 22.7 Å². The number of fused-ring (bicyclic) bond motifs is 9. The van der Waals surface area contributed by atoms with Crippen molar-refractivity contribution >= 4 is 102 Å². The second-order valence-corrected chi connectivity index (χ2v) is 15.4. The van der Waals surface area contributed by atoms with E-state index in [-0.39, 0.29) is 0 Å². The molecule has 0 radical (unpaired) electrons. The van der Waals surface area contributed by atoms with Gasteiger partial charge in [0.2, 0.25) is 0 Å². The lowest BCUT2D eigenvalue weighted by Gasteiger charge is -2.26. The maximum absolute atomic E-state index is 6.64. The quantitative estimate of drug-likeness (QED) is 0.178. The van der Waals surface area contributed by atoms with Gasteiger partial charge in [-0.05, 0) is 89.0 Å². The first-order valence-electron chi connectivity index (χ1n) is 17.5. The first-order valence-corrected chi connectivity index (χ1v) is 19.1. The van der Waals surface area contributed by atoms with Gasteiger partial charge < -0.3 is 9.32 Å². The van der Waals surface area contributed by atoms with E-state index in [1.54, 1.807) is 0 Å². The van der Waals surface area contributed by atoms with Crippen LogP contribution in [0.1, 0.15) is 0 Å². The van der Waals surface area contributed by atoms with Gasteiger partial charge >= 0.3 is 0 Å². The van der Waals surface area contributed by atoms with Crippen LogP contribution >= 0.6 is 22.7 Å². The molecular formula is C48H29NOS2. The molecule has 0 saturated heterocycles. The zero-order valence-corrected chi connectivity index (χ0v) is 29.5. The predicted molar refractivity (Wildman–Crippen MR) is 225 cm³/mol. The Morgan fingerprint density at radius 1 is 0.385 bits per heavy atom. The van der Waals surface area contributed by atoms with Crippen LogP contribution in [-0.4, -0.2) is 0 Å². The van der Waals surface area contributed by atoms with Crippen molar-refractivity contribution in [2.24, 2.45) is 0 Å². The van der Waals surface area contributed by atoms with Crippen LogP contribution in [0.15, 0.2) is 180 Å². The van der Waals surface area contributed by atoms with Gasteiger partial charge in [-0.1, -0.05) is 109 Å². The SMILES string of the molecule is c1cc(-c2ccc3sc4ccccc4c3c2)cc(N(c2ccc(-c3cccc4sc5ccccc5c34)cc2)c2cccc3c2oc2ccccc23)c1. The topological polar surface area (TPSA) is 16.4 Å². The van der Waals surface area contributed by atoms with Crippen LogP contribution in [0.3, 0.4) is 0 Å². The first kappa shape index (κ1) is 29.5. The molecule has 8 aromatic carbocycles. The summed E-state index contributed by atoms with van der Waals surface area (Å²) in [5.41, 5.74) is 9.73. The average Bonchev–Trinajstić information content (AvgIpc) is 3.90. The number of furan rings is 1. The summed E-state index contributed by atoms with van der Waals surface area (Å²) < 4.78 is 11.9. The van der Waals surface area contributed by atoms with Crippen molar-refractivity contribution in [3.05, 3.63) is 176 Å². The highest BCUT2D eigenvalue weighted by Gasteiger charge is 2.20. The monoisotopic (exact) mass is 699 g/mol. The van der Waals surface area contributed by atoms with E-state index in [0.29, 0.717) is 0 Å². The highest BCUT2D eigenvalue weighted by atomic mass is 32.1. The van der Waals surface area contributed by atoms with Gasteiger partial charge in [0.15, 0.2) is 5.58 Å². The highest BCUT2D eigenvalue weighted by Crippen LogP contribution is 2.45. The molecule has 244 valence electrons. The summed E-state index contributed by atoms with van der Waals surface area (Å²) in [5.74, 6) is 0. The lowest BCUT2D eigenvalue weighted by Crippen LogP contribution is -2.10. The van der Waals surface area contributed by atoms with Crippen molar-refractivity contribution in [1.82, 2.24) is 0 Å². The lowest BCUT2D eigenvalue weighted by atomic mass is 9.99. The Hall–Kier alpha value is -6.20. The number of para-hydroxylation sites is 2. The largest absolute Gasteiger partial charge is 0.454 e. The minimum absolute atomic E-state index is 0.874. The molecule has 0 N–H and O–H groups in total. The van der Waals surface area contributed by atoms with Gasteiger partial charge in [-0.25, -0.2) is 0 Å². The standard InChI is InChI=1S/C48H29NOS2/c1-4-18-42-36(12-1)38-16-8-17-41(48(38)50-42)49(33-25-22-30(23-26-33)35-15-9-21-46-47(35)39-14-3-6-20-44(39)52-46)34-11-7-10-31(28-34)32-24-27-45-40(29-32)37-13-2-5-19-43(37)51-45/h1-29H. The molecule has 0 saturated carbocycles. The van der Waals surface area contributed by atoms with Crippen LogP contribution < -0.4 is 4.90 Å². The van der Waals surface area contributed by atoms with Gasteiger partial charge in [0.05, 0.1) is 5.69 Å². The number of hydrogen-bond donors (Lipinski definition) is 0. The van der Waals surface area contributed by atoms with E-state index < -0.39 is 0 Å². The second kappa shape index (κ2) is 11.7. The molecule has 11 rings (SSSR count). The molecule has 0 unspecified atom stereocenters. The van der Waals surface area contributed by atoms with E-state index in [9.17, 15) is 0 Å². The van der Waals surface area contributed by atoms with Crippen molar-refractivity contribution in [1.29, 1.82) is 0 Å². The van der Waals surface area contributed by atoms with E-state index in [0.717, 1.165) is 39.0 Å². The normalized spacial score (nSPS) is 11.8. The van der Waals surface area contributed by atoms with Gasteiger partial charge in [0, 0.05) is 62.5 Å². The zero-order valence-electron chi connectivity index (χ0n) is 27.9. The molecule has 3 aromatic heterocycles. The Morgan fingerprint density at radius 2 is 1.02 bits per heavy atom. The minimum atomic E-state index is 0.874. The van der Waals surface area contributed by atoms with Gasteiger partial charge in [-0.3, -0.25) is 0 Å². The van der Waals surface area contributed by atoms with Gasteiger partial charge in [0.25, 0.3) is 0 Å². The van der Waals surface area contributed by atoms with Crippen LogP contribution in [0.2, 0.25) is 0 Å². The molecule has 0 bridgehead atoms. The third-order valence-corrected chi connectivity index (χ3v) is 12.6. The van der Waals surface area contributed by atoms with Gasteiger partial charge in [-0.2, -0.15) is 0 Å². The molecular weight excluding hydrogens is 671 g/mol. The summed E-state index contributed by atoms with van der Waals surface area (Å²) in [6.45, 7) is 0. The maximum Gasteiger partial charge on any atom is 0.159 e. The number of thiophene rings is 2. The molecule has 0 aliphatic carbocycles. The number of rotatable bonds is 5. The number of nitrogens with zero attached hydrogens (tertiary/aromatic N) is 1. The fraction of sp³-hybridized carbons (Fsp3) is 0. The molecule has 0 fully saturated rings. The zero-order chi connectivity index (χ0) is 34.2. The van der Waals surface area contributed by atoms with Crippen LogP contribution in [0, 0.1) is 0 Å². The predicted octanol–water partition coefficient (Wildman–Crippen LogP) is 15.1. The fourth-order valence-corrected chi connectivity index (χ4v) is 10.1. The maximum atomic E-state index is 6.64. The average molecular weight is 700 g/mol. The smallest absolute Gasteiger partial charge is 0.159 e. The van der Waals surface area contributed by atoms with E-state index in [4.69, 9.17) is 4.42 Å². The summed E-state index contributed by atoms with van der Waals surface area (Å²) >= 11 is 3.71. The minimum Gasteiger partial charge on any atom is -0.454 e. The van der Waals surface area contributed by atoms with Gasteiger partial charge in [0.1, 0.15) is 5.58 Å². The Labute approximate surface area is 308 Å². The molecule has 3 heterocycles. The second-order valence-electron chi connectivity index (χ2n) is 13.3. The summed E-state index contributed by atoms with van der Waals surface area (Å²) in [6, 6.07) is 63.7. The van der Waals surface area contributed by atoms with E-state index >= 15 is 0 Å². The number of anilines is 3. The molecule has 52 heavy (non-hydrogen) atoms. The van der Waals surface area contributed by atoms with Crippen LogP contribution in [0.5, 0.6) is 0 Å². The van der Waals surface area contributed by atoms with Crippen molar-refractivity contribution in [3.8, 4) is 22.3 Å². The van der Waals surface area contributed by atoms with Crippen molar-refractivity contribution < 1.29 is 4.42 Å². The third-order valence-electron chi connectivity index (χ3n) is 10.3. The molecule has 0 spiro atoms. The van der Waals surface area contributed by atoms with Crippen LogP contribution in [-0.2, 0) is 0 Å². The van der Waals surface area contributed by atoms with Crippen molar-refractivity contribution in [2.45, 2.75) is 0 Å². The van der Waals surface area contributed by atoms with E-state index in [1.807, 2.05) is 28.7 Å². The fourth-order valence-electron chi connectivity index (χ4n) is 7.87. The van der Waals surface area contributed by atoms with Crippen LogP contribution in [0.4, 0.5) is 17.1 Å². The lowest BCUT2D eigenvalue weighted by molar-refractivity contribution is 0.669. The molecule has 0 amide bonds. The van der Waals surface area contributed by atoms with Crippen molar-refractivity contribution in [2.75, 3.05) is 4.90 Å². The highest BCUT2D eigenvalue weighted by molar-refractivity contribution is 7.26. The van der Waals surface area contributed by atoms with E-state index in [2.05, 4.69) is 175 Å². The number of hydrogen-bond acceptors (Lipinski definition) is 4. The Balaban J connectivity index is 1.09. The molecule has 4 heteroatoms. The molecule has 11 aromatic rings. The molecule has 2 nitrogen and oxygen atoms in total. The number of benzene rings is 8. The van der Waals surface area contributed by atoms with Crippen LogP contribution in [0.25, 0.3) is 84.5 Å². The van der Waals surface area contributed by atoms with Crippen molar-refractivity contribution in [3.63, 3.8) is 0 Å².